The van der Waals surface area contributed by atoms with E-state index in [-0.39, 0.29) is 0 Å². The molecule has 2 aromatic rings. The molecular weight excluding hydrogens is 160 g/mol. The average molecular weight is 172 g/mol. The normalized spacial score (nSPS) is 10.5. The molecule has 0 radical (unpaired) electrons. The lowest BCUT2D eigenvalue weighted by Gasteiger charge is -2.02. The van der Waals surface area contributed by atoms with Gasteiger partial charge >= 0.3 is 0 Å². The van der Waals surface area contributed by atoms with Crippen molar-refractivity contribution in [3.63, 3.8) is 0 Å². The zero-order valence-electron chi connectivity index (χ0n) is 7.62. The summed E-state index contributed by atoms with van der Waals surface area (Å²) in [5.41, 5.74) is 1.26. The summed E-state index contributed by atoms with van der Waals surface area (Å²) in [5, 5.41) is 11.6. The molecular formula is C12H12O. The minimum absolute atomic E-state index is 0.368. The molecule has 0 heterocycles. The van der Waals surface area contributed by atoms with Crippen LogP contribution in [-0.2, 0) is 6.42 Å². The molecule has 13 heavy (non-hydrogen) atoms. The van der Waals surface area contributed by atoms with Gasteiger partial charge in [-0.05, 0) is 29.5 Å². The van der Waals surface area contributed by atoms with Gasteiger partial charge in [-0.1, -0.05) is 31.2 Å². The van der Waals surface area contributed by atoms with E-state index in [0.29, 0.717) is 5.75 Å². The topological polar surface area (TPSA) is 20.2 Å². The first-order valence-electron chi connectivity index (χ1n) is 4.52. The molecule has 66 valence electrons. The summed E-state index contributed by atoms with van der Waals surface area (Å²) >= 11 is 0. The monoisotopic (exact) mass is 172 g/mol. The quantitative estimate of drug-likeness (QED) is 0.700. The third-order valence-corrected chi connectivity index (χ3v) is 2.33. The van der Waals surface area contributed by atoms with Crippen molar-refractivity contribution in [3.05, 3.63) is 42.0 Å². The van der Waals surface area contributed by atoms with Crippen molar-refractivity contribution in [2.24, 2.45) is 0 Å². The molecule has 0 aliphatic carbocycles. The number of aromatic hydroxyl groups is 1. The van der Waals surface area contributed by atoms with Crippen LogP contribution in [0, 0.1) is 0 Å². The lowest BCUT2D eigenvalue weighted by molar-refractivity contribution is 0.481. The van der Waals surface area contributed by atoms with Crippen LogP contribution >= 0.6 is 0 Å². The Morgan fingerprint density at radius 1 is 1.15 bits per heavy atom. The number of benzene rings is 2. The molecule has 0 atom stereocenters. The number of phenols is 1. The van der Waals surface area contributed by atoms with Crippen LogP contribution in [-0.4, -0.2) is 5.11 Å². The smallest absolute Gasteiger partial charge is 0.123 e. The lowest BCUT2D eigenvalue weighted by atomic mass is 10.1. The van der Waals surface area contributed by atoms with E-state index in [4.69, 9.17) is 0 Å². The minimum atomic E-state index is 0.368. The van der Waals surface area contributed by atoms with E-state index in [1.807, 2.05) is 24.3 Å². The van der Waals surface area contributed by atoms with Gasteiger partial charge in [-0.2, -0.15) is 0 Å². The molecule has 0 saturated carbocycles. The van der Waals surface area contributed by atoms with E-state index in [1.165, 1.54) is 5.56 Å². The second-order valence-electron chi connectivity index (χ2n) is 3.19. The maximum atomic E-state index is 9.59. The van der Waals surface area contributed by atoms with Crippen LogP contribution in [0.5, 0.6) is 5.75 Å². The van der Waals surface area contributed by atoms with Gasteiger partial charge in [0.05, 0.1) is 0 Å². The highest BCUT2D eigenvalue weighted by atomic mass is 16.3. The summed E-state index contributed by atoms with van der Waals surface area (Å²) in [6.07, 6.45) is 1.00. The first kappa shape index (κ1) is 8.11. The van der Waals surface area contributed by atoms with Crippen LogP contribution in [0.2, 0.25) is 0 Å². The molecule has 1 nitrogen and oxygen atoms in total. The third-order valence-electron chi connectivity index (χ3n) is 2.33. The highest BCUT2D eigenvalue weighted by molar-refractivity contribution is 5.88. The fourth-order valence-corrected chi connectivity index (χ4v) is 1.52. The lowest BCUT2D eigenvalue weighted by Crippen LogP contribution is -1.80. The second-order valence-corrected chi connectivity index (χ2v) is 3.19. The third kappa shape index (κ3) is 1.37. The molecule has 1 heteroatoms. The number of hydrogen-bond acceptors (Lipinski definition) is 1. The van der Waals surface area contributed by atoms with Crippen LogP contribution in [0.15, 0.2) is 36.4 Å². The molecule has 0 bridgehead atoms. The summed E-state index contributed by atoms with van der Waals surface area (Å²) < 4.78 is 0. The Morgan fingerprint density at radius 2 is 2.00 bits per heavy atom. The van der Waals surface area contributed by atoms with Crippen molar-refractivity contribution >= 4 is 10.8 Å². The average Bonchev–Trinajstić information content (AvgIpc) is 2.18. The number of fused-ring (bicyclic) bond motifs is 1. The van der Waals surface area contributed by atoms with Crippen molar-refractivity contribution < 1.29 is 5.11 Å². The van der Waals surface area contributed by atoms with Gasteiger partial charge in [0.1, 0.15) is 5.75 Å². The molecule has 0 aromatic heterocycles. The van der Waals surface area contributed by atoms with Crippen LogP contribution < -0.4 is 0 Å². The summed E-state index contributed by atoms with van der Waals surface area (Å²) in [5.74, 6) is 0.368. The van der Waals surface area contributed by atoms with Crippen molar-refractivity contribution in [2.45, 2.75) is 13.3 Å². The van der Waals surface area contributed by atoms with Crippen molar-refractivity contribution in [2.75, 3.05) is 0 Å². The second kappa shape index (κ2) is 3.09. The molecule has 0 aliphatic heterocycles. The predicted octanol–water partition coefficient (Wildman–Crippen LogP) is 3.11. The maximum Gasteiger partial charge on any atom is 0.123 e. The Bertz CT molecular complexity index is 432. The first-order valence-corrected chi connectivity index (χ1v) is 4.52. The van der Waals surface area contributed by atoms with Gasteiger partial charge in [0.15, 0.2) is 0 Å². The van der Waals surface area contributed by atoms with Gasteiger partial charge < -0.3 is 5.11 Å². The number of hydrogen-bond donors (Lipinski definition) is 1. The predicted molar refractivity (Wildman–Crippen MR) is 55.0 cm³/mol. The molecule has 0 amide bonds. The molecule has 2 rings (SSSR count). The first-order chi connectivity index (χ1) is 6.31. The van der Waals surface area contributed by atoms with Crippen molar-refractivity contribution in [1.82, 2.24) is 0 Å². The van der Waals surface area contributed by atoms with E-state index in [2.05, 4.69) is 13.0 Å². The standard InChI is InChI=1S/C12H12O/c1-2-9-6-7-10-4-3-5-12(13)11(10)8-9/h3-8,13H,2H2,1H3. The van der Waals surface area contributed by atoms with E-state index < -0.39 is 0 Å². The summed E-state index contributed by atoms with van der Waals surface area (Å²) in [4.78, 5) is 0. The van der Waals surface area contributed by atoms with Crippen LogP contribution in [0.25, 0.3) is 10.8 Å². The van der Waals surface area contributed by atoms with Crippen LogP contribution in [0.3, 0.4) is 0 Å². The Labute approximate surface area is 77.6 Å². The highest BCUT2D eigenvalue weighted by Crippen LogP contribution is 2.25. The van der Waals surface area contributed by atoms with Crippen LogP contribution in [0.1, 0.15) is 12.5 Å². The summed E-state index contributed by atoms with van der Waals surface area (Å²) in [6.45, 7) is 2.11. The highest BCUT2D eigenvalue weighted by Gasteiger charge is 1.98. The molecule has 2 aromatic carbocycles. The zero-order valence-corrected chi connectivity index (χ0v) is 7.62. The maximum absolute atomic E-state index is 9.59. The largest absolute Gasteiger partial charge is 0.507 e. The van der Waals surface area contributed by atoms with Crippen molar-refractivity contribution in [1.29, 1.82) is 0 Å². The van der Waals surface area contributed by atoms with E-state index in [0.717, 1.165) is 17.2 Å². The van der Waals surface area contributed by atoms with E-state index in [9.17, 15) is 5.11 Å². The number of phenolic OH excluding ortho intramolecular Hbond substituents is 1. The fourth-order valence-electron chi connectivity index (χ4n) is 1.52. The van der Waals surface area contributed by atoms with Crippen molar-refractivity contribution in [3.8, 4) is 5.75 Å². The van der Waals surface area contributed by atoms with Gasteiger partial charge in [0, 0.05) is 5.39 Å². The Hall–Kier alpha value is -1.50. The van der Waals surface area contributed by atoms with Gasteiger partial charge in [0.2, 0.25) is 0 Å². The summed E-state index contributed by atoms with van der Waals surface area (Å²) in [6, 6.07) is 11.8. The SMILES string of the molecule is CCc1ccc2cccc(O)c2c1. The number of rotatable bonds is 1. The molecule has 0 unspecified atom stereocenters. The van der Waals surface area contributed by atoms with Gasteiger partial charge in [0.25, 0.3) is 0 Å². The van der Waals surface area contributed by atoms with E-state index in [1.54, 1.807) is 6.07 Å². The Kier molecular flexibility index (Phi) is 1.93. The Balaban J connectivity index is 2.74. The summed E-state index contributed by atoms with van der Waals surface area (Å²) in [7, 11) is 0. The zero-order chi connectivity index (χ0) is 9.26. The number of aryl methyl sites for hydroxylation is 1. The fraction of sp³-hybridized carbons (Fsp3) is 0.167. The van der Waals surface area contributed by atoms with Gasteiger partial charge in [-0.25, -0.2) is 0 Å². The van der Waals surface area contributed by atoms with E-state index >= 15 is 0 Å². The van der Waals surface area contributed by atoms with Crippen LogP contribution in [0.4, 0.5) is 0 Å². The molecule has 0 spiro atoms. The van der Waals surface area contributed by atoms with Gasteiger partial charge in [-0.3, -0.25) is 0 Å². The molecule has 0 fully saturated rings. The molecule has 1 N–H and O–H groups in total. The van der Waals surface area contributed by atoms with Gasteiger partial charge in [-0.15, -0.1) is 0 Å². The Morgan fingerprint density at radius 3 is 2.77 bits per heavy atom. The minimum Gasteiger partial charge on any atom is -0.507 e. The molecule has 0 aliphatic rings. The molecule has 0 saturated heterocycles.